The average Bonchev–Trinajstić information content (AvgIpc) is 2.90. The summed E-state index contributed by atoms with van der Waals surface area (Å²) in [5.41, 5.74) is 1.84. The maximum absolute atomic E-state index is 12.9. The Kier molecular flexibility index (Phi) is 12.6. The summed E-state index contributed by atoms with van der Waals surface area (Å²) in [6.07, 6.45) is -0.112. The third kappa shape index (κ3) is 11.4. The molecule has 10 nitrogen and oxygen atoms in total. The highest BCUT2D eigenvalue weighted by molar-refractivity contribution is 5.95. The largest absolute Gasteiger partial charge is 0.481 e. The van der Waals surface area contributed by atoms with Crippen molar-refractivity contribution in [2.75, 3.05) is 0 Å². The fraction of sp³-hybridized carbons (Fsp3) is 0.414. The maximum atomic E-state index is 12.9. The molecule has 3 atom stereocenters. The number of carbonyl (C=O) groups excluding carboxylic acids is 4. The van der Waals surface area contributed by atoms with Crippen molar-refractivity contribution in [3.05, 3.63) is 71.8 Å². The van der Waals surface area contributed by atoms with Crippen LogP contribution in [0.2, 0.25) is 0 Å². The minimum Gasteiger partial charge on any atom is -0.481 e. The Morgan fingerprint density at radius 3 is 1.95 bits per heavy atom. The second kappa shape index (κ2) is 15.9. The highest BCUT2D eigenvalue weighted by Gasteiger charge is 2.30. The predicted octanol–water partition coefficient (Wildman–Crippen LogP) is 2.99. The van der Waals surface area contributed by atoms with Gasteiger partial charge in [0.25, 0.3) is 0 Å². The van der Waals surface area contributed by atoms with Crippen LogP contribution >= 0.6 is 0 Å². The van der Waals surface area contributed by atoms with E-state index in [1.165, 1.54) is 6.92 Å². The smallest absolute Gasteiger partial charge is 0.408 e. The van der Waals surface area contributed by atoms with Crippen LogP contribution in [0.5, 0.6) is 0 Å². The lowest BCUT2D eigenvalue weighted by atomic mass is 10.0. The summed E-state index contributed by atoms with van der Waals surface area (Å²) in [6, 6.07) is 15.3. The fourth-order valence-electron chi connectivity index (χ4n) is 3.80. The van der Waals surface area contributed by atoms with Gasteiger partial charge in [0.1, 0.15) is 18.7 Å². The van der Waals surface area contributed by atoms with E-state index in [9.17, 15) is 29.1 Å². The summed E-state index contributed by atoms with van der Waals surface area (Å²) >= 11 is 0. The van der Waals surface area contributed by atoms with Crippen LogP contribution in [0.25, 0.3) is 0 Å². The molecular weight excluding hydrogens is 502 g/mol. The summed E-state index contributed by atoms with van der Waals surface area (Å²) in [7, 11) is 0. The average molecular weight is 540 g/mol. The van der Waals surface area contributed by atoms with Gasteiger partial charge in [-0.15, -0.1) is 0 Å². The van der Waals surface area contributed by atoms with Crippen LogP contribution in [-0.4, -0.2) is 52.9 Å². The number of nitrogens with one attached hydrogen (secondary N) is 3. The molecule has 210 valence electrons. The van der Waals surface area contributed by atoms with Crippen molar-refractivity contribution < 1.29 is 33.8 Å². The van der Waals surface area contributed by atoms with Crippen molar-refractivity contribution in [2.45, 2.75) is 71.2 Å². The van der Waals surface area contributed by atoms with Gasteiger partial charge in [0.2, 0.25) is 11.8 Å². The molecule has 0 saturated carbocycles. The number of rotatable bonds is 15. The zero-order valence-corrected chi connectivity index (χ0v) is 22.5. The highest BCUT2D eigenvalue weighted by atomic mass is 16.5. The van der Waals surface area contributed by atoms with Crippen molar-refractivity contribution in [3.8, 4) is 0 Å². The number of hydrogen-bond donors (Lipinski definition) is 4. The standard InChI is InChI=1S/C29H37N3O7/c1-19(2)26(32-29(38)39-18-22-13-8-5-9-14-22)28(37)30-20(3)27(36)31-23(17-25(34)35)24(33)16-10-15-21-11-6-4-7-12-21/h4-9,11-14,19-20,23,26H,10,15-18H2,1-3H3,(H,30,37)(H,31,36)(H,32,38)(H,34,35)/t20-,23-,26-/m0/s1. The number of amides is 3. The van der Waals surface area contributed by atoms with E-state index >= 15 is 0 Å². The van der Waals surface area contributed by atoms with Gasteiger partial charge in [-0.05, 0) is 36.8 Å². The number of carboxylic acid groups (broad SMARTS) is 1. The molecule has 4 N–H and O–H groups in total. The Hall–Kier alpha value is -4.21. The fourth-order valence-corrected chi connectivity index (χ4v) is 3.80. The van der Waals surface area contributed by atoms with E-state index < -0.39 is 54.2 Å². The number of aryl methyl sites for hydroxylation is 1. The first kappa shape index (κ1) is 31.0. The van der Waals surface area contributed by atoms with Crippen LogP contribution in [0.15, 0.2) is 60.7 Å². The lowest BCUT2D eigenvalue weighted by Crippen LogP contribution is -2.56. The van der Waals surface area contributed by atoms with Gasteiger partial charge in [-0.1, -0.05) is 74.5 Å². The van der Waals surface area contributed by atoms with Crippen molar-refractivity contribution >= 4 is 29.7 Å². The third-order valence-corrected chi connectivity index (χ3v) is 6.00. The first-order chi connectivity index (χ1) is 18.6. The van der Waals surface area contributed by atoms with Crippen molar-refractivity contribution in [2.24, 2.45) is 5.92 Å². The molecule has 0 fully saturated rings. The van der Waals surface area contributed by atoms with Crippen molar-refractivity contribution in [1.82, 2.24) is 16.0 Å². The number of benzene rings is 2. The minimum absolute atomic E-state index is 0.0300. The minimum atomic E-state index is -1.23. The molecule has 0 spiro atoms. The van der Waals surface area contributed by atoms with E-state index in [0.29, 0.717) is 12.8 Å². The number of ketones is 1. The molecule has 0 aliphatic heterocycles. The number of hydrogen-bond acceptors (Lipinski definition) is 6. The molecule has 2 aromatic carbocycles. The van der Waals surface area contributed by atoms with E-state index in [1.807, 2.05) is 48.5 Å². The van der Waals surface area contributed by atoms with Gasteiger partial charge in [-0.3, -0.25) is 19.2 Å². The second-order valence-corrected chi connectivity index (χ2v) is 9.62. The zero-order valence-electron chi connectivity index (χ0n) is 22.5. The number of carbonyl (C=O) groups is 5. The Morgan fingerprint density at radius 1 is 0.795 bits per heavy atom. The Morgan fingerprint density at radius 2 is 1.38 bits per heavy atom. The summed E-state index contributed by atoms with van der Waals surface area (Å²) in [5.74, 6) is -3.28. The molecular formula is C29H37N3O7. The summed E-state index contributed by atoms with van der Waals surface area (Å²) in [5, 5.41) is 16.7. The van der Waals surface area contributed by atoms with E-state index in [-0.39, 0.29) is 18.9 Å². The zero-order chi connectivity index (χ0) is 28.8. The molecule has 2 rings (SSSR count). The maximum Gasteiger partial charge on any atom is 0.408 e. The summed E-state index contributed by atoms with van der Waals surface area (Å²) < 4.78 is 5.19. The number of ether oxygens (including phenoxy) is 1. The molecule has 0 unspecified atom stereocenters. The molecule has 0 heterocycles. The van der Waals surface area contributed by atoms with Gasteiger partial charge < -0.3 is 25.8 Å². The highest BCUT2D eigenvalue weighted by Crippen LogP contribution is 2.09. The first-order valence-corrected chi connectivity index (χ1v) is 12.9. The van der Waals surface area contributed by atoms with Gasteiger partial charge in [0, 0.05) is 6.42 Å². The topological polar surface area (TPSA) is 151 Å². The molecule has 0 aliphatic carbocycles. The molecule has 39 heavy (non-hydrogen) atoms. The van der Waals surface area contributed by atoms with Crippen LogP contribution in [0.4, 0.5) is 4.79 Å². The normalized spacial score (nSPS) is 13.0. The molecule has 10 heteroatoms. The first-order valence-electron chi connectivity index (χ1n) is 12.9. The van der Waals surface area contributed by atoms with Crippen LogP contribution in [0.1, 0.15) is 51.2 Å². The van der Waals surface area contributed by atoms with Gasteiger partial charge in [-0.2, -0.15) is 0 Å². The lowest BCUT2D eigenvalue weighted by Gasteiger charge is -2.24. The number of carboxylic acids is 1. The van der Waals surface area contributed by atoms with Crippen LogP contribution in [0, 0.1) is 5.92 Å². The molecule has 0 saturated heterocycles. The molecule has 0 aromatic heterocycles. The molecule has 3 amide bonds. The quantitative estimate of drug-likeness (QED) is 0.272. The number of Topliss-reactive ketones (excluding diaryl/α,β-unsaturated/α-hetero) is 1. The lowest BCUT2D eigenvalue weighted by molar-refractivity contribution is -0.140. The van der Waals surface area contributed by atoms with Crippen molar-refractivity contribution in [1.29, 1.82) is 0 Å². The number of aliphatic carboxylic acids is 1. The summed E-state index contributed by atoms with van der Waals surface area (Å²) in [6.45, 7) is 4.89. The SMILES string of the molecule is CC(C)[C@H](NC(=O)OCc1ccccc1)C(=O)N[C@@H](C)C(=O)N[C@@H](CC(=O)O)C(=O)CCCc1ccccc1. The molecule has 0 radical (unpaired) electrons. The monoisotopic (exact) mass is 539 g/mol. The van der Waals surface area contributed by atoms with Gasteiger partial charge in [-0.25, -0.2) is 4.79 Å². The number of alkyl carbamates (subject to hydrolysis) is 1. The van der Waals surface area contributed by atoms with E-state index in [4.69, 9.17) is 4.74 Å². The van der Waals surface area contributed by atoms with Crippen LogP contribution in [-0.2, 0) is 36.9 Å². The van der Waals surface area contributed by atoms with Gasteiger partial charge in [0.15, 0.2) is 5.78 Å². The molecule has 0 bridgehead atoms. The van der Waals surface area contributed by atoms with E-state index in [2.05, 4.69) is 16.0 Å². The Balaban J connectivity index is 1.90. The van der Waals surface area contributed by atoms with E-state index in [0.717, 1.165) is 11.1 Å². The molecule has 0 aliphatic rings. The second-order valence-electron chi connectivity index (χ2n) is 9.62. The third-order valence-electron chi connectivity index (χ3n) is 6.00. The van der Waals surface area contributed by atoms with Gasteiger partial charge >= 0.3 is 12.1 Å². The van der Waals surface area contributed by atoms with Crippen LogP contribution in [0.3, 0.4) is 0 Å². The summed E-state index contributed by atoms with van der Waals surface area (Å²) in [4.78, 5) is 61.9. The molecule has 2 aromatic rings. The van der Waals surface area contributed by atoms with Crippen molar-refractivity contribution in [3.63, 3.8) is 0 Å². The van der Waals surface area contributed by atoms with Gasteiger partial charge in [0.05, 0.1) is 12.5 Å². The Bertz CT molecular complexity index is 1110. The predicted molar refractivity (Wildman–Crippen MR) is 145 cm³/mol. The van der Waals surface area contributed by atoms with Crippen LogP contribution < -0.4 is 16.0 Å². The Labute approximate surface area is 228 Å². The van der Waals surface area contributed by atoms with E-state index in [1.54, 1.807) is 26.0 Å².